The monoisotopic (exact) mass is 291 g/mol. The van der Waals surface area contributed by atoms with E-state index < -0.39 is 23.8 Å². The summed E-state index contributed by atoms with van der Waals surface area (Å²) in [5.41, 5.74) is 0.445. The molecule has 0 saturated heterocycles. The first-order chi connectivity index (χ1) is 9.99. The summed E-state index contributed by atoms with van der Waals surface area (Å²) in [5.74, 6) is -3.61. The molecule has 0 spiro atoms. The van der Waals surface area contributed by atoms with Crippen molar-refractivity contribution >= 4 is 23.5 Å². The molecule has 2 atom stereocenters. The van der Waals surface area contributed by atoms with E-state index in [1.54, 1.807) is 6.07 Å². The predicted octanol–water partition coefficient (Wildman–Crippen LogP) is 2.21. The third-order valence-corrected chi connectivity index (χ3v) is 3.80. The van der Waals surface area contributed by atoms with Gasteiger partial charge in [-0.05, 0) is 31.0 Å². The highest BCUT2D eigenvalue weighted by atomic mass is 16.4. The normalized spacial score (nSPS) is 21.5. The fourth-order valence-electron chi connectivity index (χ4n) is 2.71. The lowest BCUT2D eigenvalue weighted by Crippen LogP contribution is -2.36. The van der Waals surface area contributed by atoms with E-state index in [1.165, 1.54) is 18.2 Å². The maximum Gasteiger partial charge on any atom is 0.335 e. The Hall–Kier alpha value is -2.37. The van der Waals surface area contributed by atoms with Crippen LogP contribution in [0.2, 0.25) is 0 Å². The molecular weight excluding hydrogens is 274 g/mol. The maximum atomic E-state index is 12.2. The number of aliphatic carboxylic acids is 1. The van der Waals surface area contributed by atoms with Crippen LogP contribution >= 0.6 is 0 Å². The van der Waals surface area contributed by atoms with Crippen LogP contribution in [0.15, 0.2) is 24.3 Å². The van der Waals surface area contributed by atoms with Crippen molar-refractivity contribution in [3.8, 4) is 0 Å². The van der Waals surface area contributed by atoms with E-state index in [0.717, 1.165) is 12.8 Å². The van der Waals surface area contributed by atoms with Crippen molar-refractivity contribution in [2.45, 2.75) is 25.7 Å². The average Bonchev–Trinajstić information content (AvgIpc) is 2.47. The van der Waals surface area contributed by atoms with E-state index in [1.807, 2.05) is 0 Å². The van der Waals surface area contributed by atoms with E-state index in [-0.39, 0.29) is 11.5 Å². The molecule has 1 aliphatic rings. The molecule has 21 heavy (non-hydrogen) atoms. The summed E-state index contributed by atoms with van der Waals surface area (Å²) in [6.07, 6.45) is 2.69. The Morgan fingerprint density at radius 3 is 2.33 bits per heavy atom. The molecule has 0 aliphatic heterocycles. The van der Waals surface area contributed by atoms with Gasteiger partial charge in [0.2, 0.25) is 5.91 Å². The van der Waals surface area contributed by atoms with Crippen molar-refractivity contribution in [2.24, 2.45) is 11.8 Å². The van der Waals surface area contributed by atoms with Crippen molar-refractivity contribution in [1.82, 2.24) is 0 Å². The first-order valence-electron chi connectivity index (χ1n) is 6.86. The number of hydrogen-bond donors (Lipinski definition) is 3. The molecule has 6 heteroatoms. The van der Waals surface area contributed by atoms with Crippen molar-refractivity contribution in [1.29, 1.82) is 0 Å². The number of carboxylic acids is 2. The number of benzene rings is 1. The number of aromatic carboxylic acids is 1. The SMILES string of the molecule is O=C(O)c1cccc(NC(=O)[C@H]2CCCC[C@H]2C(=O)O)c1. The van der Waals surface area contributed by atoms with Crippen LogP contribution in [0.4, 0.5) is 5.69 Å². The van der Waals surface area contributed by atoms with Gasteiger partial charge >= 0.3 is 11.9 Å². The quantitative estimate of drug-likeness (QED) is 0.789. The van der Waals surface area contributed by atoms with Gasteiger partial charge in [0.25, 0.3) is 0 Å². The van der Waals surface area contributed by atoms with Gasteiger partial charge in [0.15, 0.2) is 0 Å². The Kier molecular flexibility index (Phi) is 4.57. The zero-order valence-corrected chi connectivity index (χ0v) is 11.4. The Bertz CT molecular complexity index is 569. The number of carbonyl (C=O) groups is 3. The van der Waals surface area contributed by atoms with Gasteiger partial charge in [-0.15, -0.1) is 0 Å². The number of nitrogens with one attached hydrogen (secondary N) is 1. The lowest BCUT2D eigenvalue weighted by Gasteiger charge is -2.27. The van der Waals surface area contributed by atoms with Crippen LogP contribution in [-0.4, -0.2) is 28.1 Å². The van der Waals surface area contributed by atoms with Gasteiger partial charge in [-0.25, -0.2) is 4.79 Å². The summed E-state index contributed by atoms with van der Waals surface area (Å²) in [6.45, 7) is 0. The summed E-state index contributed by atoms with van der Waals surface area (Å²) in [5, 5.41) is 20.7. The molecule has 3 N–H and O–H groups in total. The molecule has 0 radical (unpaired) electrons. The molecular formula is C15H17NO5. The first-order valence-corrected chi connectivity index (χ1v) is 6.86. The molecule has 112 valence electrons. The van der Waals surface area contributed by atoms with E-state index in [4.69, 9.17) is 5.11 Å². The second-order valence-corrected chi connectivity index (χ2v) is 5.21. The van der Waals surface area contributed by atoms with Crippen LogP contribution in [-0.2, 0) is 9.59 Å². The molecule has 0 bridgehead atoms. The molecule has 1 fully saturated rings. The number of carboxylic acid groups (broad SMARTS) is 2. The molecule has 0 aromatic heterocycles. The van der Waals surface area contributed by atoms with Crippen LogP contribution in [0.3, 0.4) is 0 Å². The Labute approximate surface area is 121 Å². The smallest absolute Gasteiger partial charge is 0.335 e. The molecule has 1 amide bonds. The topological polar surface area (TPSA) is 104 Å². The highest BCUT2D eigenvalue weighted by Gasteiger charge is 2.35. The minimum Gasteiger partial charge on any atom is -0.481 e. The van der Waals surface area contributed by atoms with Gasteiger partial charge in [0.1, 0.15) is 0 Å². The zero-order chi connectivity index (χ0) is 15.4. The fourth-order valence-corrected chi connectivity index (χ4v) is 2.71. The zero-order valence-electron chi connectivity index (χ0n) is 11.4. The van der Waals surface area contributed by atoms with Crippen molar-refractivity contribution < 1.29 is 24.6 Å². The predicted molar refractivity (Wildman–Crippen MR) is 75.1 cm³/mol. The minimum atomic E-state index is -1.08. The third-order valence-electron chi connectivity index (χ3n) is 3.80. The van der Waals surface area contributed by atoms with Gasteiger partial charge < -0.3 is 15.5 Å². The average molecular weight is 291 g/mol. The van der Waals surface area contributed by atoms with Crippen LogP contribution in [0.25, 0.3) is 0 Å². The van der Waals surface area contributed by atoms with Crippen molar-refractivity contribution in [3.05, 3.63) is 29.8 Å². The van der Waals surface area contributed by atoms with Crippen LogP contribution < -0.4 is 5.32 Å². The lowest BCUT2D eigenvalue weighted by molar-refractivity contribution is -0.147. The number of carbonyl (C=O) groups excluding carboxylic acids is 1. The molecule has 0 heterocycles. The second kappa shape index (κ2) is 6.39. The number of amides is 1. The summed E-state index contributed by atoms with van der Waals surface area (Å²) in [4.78, 5) is 34.3. The molecule has 1 aromatic carbocycles. The summed E-state index contributed by atoms with van der Waals surface area (Å²) in [7, 11) is 0. The molecule has 0 unspecified atom stereocenters. The van der Waals surface area contributed by atoms with E-state index in [9.17, 15) is 19.5 Å². The highest BCUT2D eigenvalue weighted by molar-refractivity contribution is 5.96. The third kappa shape index (κ3) is 3.59. The van der Waals surface area contributed by atoms with Gasteiger partial charge in [-0.2, -0.15) is 0 Å². The van der Waals surface area contributed by atoms with Crippen molar-refractivity contribution in [3.63, 3.8) is 0 Å². The standard InChI is InChI=1S/C15H17NO5/c17-13(11-6-1-2-7-12(11)15(20)21)16-10-5-3-4-9(8-10)14(18)19/h3-5,8,11-12H,1-2,6-7H2,(H,16,17)(H,18,19)(H,20,21)/t11-,12+/m0/s1. The number of anilines is 1. The summed E-state index contributed by atoms with van der Waals surface area (Å²) < 4.78 is 0. The van der Waals surface area contributed by atoms with Gasteiger partial charge in [-0.3, -0.25) is 9.59 Å². The van der Waals surface area contributed by atoms with Gasteiger partial charge in [0.05, 0.1) is 17.4 Å². The maximum absolute atomic E-state index is 12.2. The Morgan fingerprint density at radius 1 is 1.05 bits per heavy atom. The van der Waals surface area contributed by atoms with E-state index >= 15 is 0 Å². The van der Waals surface area contributed by atoms with E-state index in [2.05, 4.69) is 5.32 Å². The Balaban J connectivity index is 2.11. The Morgan fingerprint density at radius 2 is 1.71 bits per heavy atom. The molecule has 1 saturated carbocycles. The molecule has 2 rings (SSSR count). The lowest BCUT2D eigenvalue weighted by atomic mass is 9.78. The number of rotatable bonds is 4. The number of hydrogen-bond acceptors (Lipinski definition) is 3. The molecule has 1 aliphatic carbocycles. The molecule has 6 nitrogen and oxygen atoms in total. The van der Waals surface area contributed by atoms with Gasteiger partial charge in [-0.1, -0.05) is 18.9 Å². The van der Waals surface area contributed by atoms with Crippen molar-refractivity contribution in [2.75, 3.05) is 5.32 Å². The summed E-state index contributed by atoms with van der Waals surface area (Å²) in [6, 6.07) is 5.91. The fraction of sp³-hybridized carbons (Fsp3) is 0.400. The second-order valence-electron chi connectivity index (χ2n) is 5.21. The minimum absolute atomic E-state index is 0.0752. The largest absolute Gasteiger partial charge is 0.481 e. The van der Waals surface area contributed by atoms with Crippen LogP contribution in [0.1, 0.15) is 36.0 Å². The molecule has 1 aromatic rings. The van der Waals surface area contributed by atoms with Gasteiger partial charge in [0, 0.05) is 5.69 Å². The van der Waals surface area contributed by atoms with E-state index in [0.29, 0.717) is 18.5 Å². The highest BCUT2D eigenvalue weighted by Crippen LogP contribution is 2.31. The first kappa shape index (κ1) is 15.0. The van der Waals surface area contributed by atoms with Crippen LogP contribution in [0, 0.1) is 11.8 Å². The summed E-state index contributed by atoms with van der Waals surface area (Å²) >= 11 is 0. The van der Waals surface area contributed by atoms with Crippen LogP contribution in [0.5, 0.6) is 0 Å².